The molecule has 0 aliphatic heterocycles. The number of carbonyl (C=O) groups is 1. The molecule has 1 aromatic heterocycles. The minimum absolute atomic E-state index is 0.375. The van der Waals surface area contributed by atoms with E-state index in [-0.39, 0.29) is 0 Å². The molecule has 4 rings (SSSR count). The van der Waals surface area contributed by atoms with E-state index in [4.69, 9.17) is 0 Å². The fraction of sp³-hybridized carbons (Fsp3) is 0.222. The number of carboxylic acids is 1. The van der Waals surface area contributed by atoms with Crippen LogP contribution in [0.5, 0.6) is 0 Å². The average Bonchev–Trinajstić information content (AvgIpc) is 3.09. The van der Waals surface area contributed by atoms with Crippen LogP contribution in [-0.4, -0.2) is 22.2 Å². The van der Waals surface area contributed by atoms with Crippen molar-refractivity contribution in [1.29, 1.82) is 0 Å². The zero-order valence-corrected chi connectivity index (χ0v) is 17.8. The smallest absolute Gasteiger partial charge is 0.352 e. The van der Waals surface area contributed by atoms with E-state index in [0.29, 0.717) is 18.8 Å². The third-order valence-electron chi connectivity index (χ3n) is 5.83. The monoisotopic (exact) mass is 412 g/mol. The lowest BCUT2D eigenvalue weighted by Crippen LogP contribution is -2.19. The van der Waals surface area contributed by atoms with Crippen LogP contribution in [0, 0.1) is 6.92 Å². The number of rotatable bonds is 9. The zero-order valence-electron chi connectivity index (χ0n) is 17.8. The fourth-order valence-corrected chi connectivity index (χ4v) is 4.20. The molecule has 0 unspecified atom stereocenters. The number of fused-ring (bicyclic) bond motifs is 1. The number of aromatic carboxylic acids is 1. The highest BCUT2D eigenvalue weighted by atomic mass is 16.4. The molecule has 158 valence electrons. The van der Waals surface area contributed by atoms with E-state index in [1.165, 1.54) is 5.56 Å². The maximum atomic E-state index is 12.3. The van der Waals surface area contributed by atoms with Crippen molar-refractivity contribution in [1.82, 2.24) is 9.88 Å². The Morgan fingerprint density at radius 1 is 0.935 bits per heavy atom. The summed E-state index contributed by atoms with van der Waals surface area (Å²) in [7, 11) is 0. The summed E-state index contributed by atoms with van der Waals surface area (Å²) in [6.45, 7) is 3.99. The Hall–Kier alpha value is -3.37. The lowest BCUT2D eigenvalue weighted by Gasteiger charge is -2.12. The average molecular weight is 413 g/mol. The number of benzene rings is 3. The molecule has 0 saturated heterocycles. The van der Waals surface area contributed by atoms with E-state index in [0.717, 1.165) is 47.0 Å². The Bertz CT molecular complexity index is 1180. The fourth-order valence-electron chi connectivity index (χ4n) is 4.20. The highest BCUT2D eigenvalue weighted by Crippen LogP contribution is 2.28. The normalized spacial score (nSPS) is 11.1. The highest BCUT2D eigenvalue weighted by Gasteiger charge is 2.22. The molecule has 0 aliphatic rings. The standard InChI is InChI=1S/C27H28N2O2/c1-20-10-5-6-14-22(20)19-29-25-16-8-7-15-23(25)24(26(29)27(30)31)18-28-17-9-13-21-11-3-2-4-12-21/h2-8,10-12,14-16,28H,9,13,17-19H2,1H3,(H,30,31). The van der Waals surface area contributed by atoms with Crippen molar-refractivity contribution in [3.05, 3.63) is 107 Å². The molecule has 0 fully saturated rings. The van der Waals surface area contributed by atoms with Crippen LogP contribution in [0.3, 0.4) is 0 Å². The molecule has 1 heterocycles. The Morgan fingerprint density at radius 2 is 1.65 bits per heavy atom. The van der Waals surface area contributed by atoms with Gasteiger partial charge in [-0.1, -0.05) is 72.8 Å². The summed E-state index contributed by atoms with van der Waals surface area (Å²) in [5, 5.41) is 14.6. The minimum atomic E-state index is -0.883. The molecule has 2 N–H and O–H groups in total. The molecule has 0 atom stereocenters. The van der Waals surface area contributed by atoms with Crippen LogP contribution in [0.15, 0.2) is 78.9 Å². The first kappa shape index (κ1) is 20.9. The number of carboxylic acid groups (broad SMARTS) is 1. The van der Waals surface area contributed by atoms with Crippen molar-refractivity contribution in [2.45, 2.75) is 32.9 Å². The number of aromatic nitrogens is 1. The second-order valence-electron chi connectivity index (χ2n) is 7.93. The lowest BCUT2D eigenvalue weighted by atomic mass is 10.1. The van der Waals surface area contributed by atoms with Gasteiger partial charge >= 0.3 is 5.97 Å². The Labute approximate surface area is 183 Å². The molecule has 4 heteroatoms. The second-order valence-corrected chi connectivity index (χ2v) is 7.93. The van der Waals surface area contributed by atoms with Crippen LogP contribution >= 0.6 is 0 Å². The number of hydrogen-bond donors (Lipinski definition) is 2. The van der Waals surface area contributed by atoms with Gasteiger partial charge in [-0.25, -0.2) is 4.79 Å². The van der Waals surface area contributed by atoms with Crippen LogP contribution < -0.4 is 5.32 Å². The zero-order chi connectivity index (χ0) is 21.6. The van der Waals surface area contributed by atoms with E-state index in [1.54, 1.807) is 0 Å². The topological polar surface area (TPSA) is 54.3 Å². The molecule has 0 bridgehead atoms. The summed E-state index contributed by atoms with van der Waals surface area (Å²) < 4.78 is 1.95. The number of aryl methyl sites for hydroxylation is 2. The summed E-state index contributed by atoms with van der Waals surface area (Å²) in [5.41, 5.74) is 5.82. The first-order valence-corrected chi connectivity index (χ1v) is 10.8. The first-order valence-electron chi connectivity index (χ1n) is 10.8. The van der Waals surface area contributed by atoms with Crippen LogP contribution in [0.1, 0.15) is 39.2 Å². The van der Waals surface area contributed by atoms with Crippen molar-refractivity contribution in [3.8, 4) is 0 Å². The molecule has 0 spiro atoms. The molecule has 4 nitrogen and oxygen atoms in total. The molecule has 0 saturated carbocycles. The van der Waals surface area contributed by atoms with Crippen molar-refractivity contribution >= 4 is 16.9 Å². The molecular formula is C27H28N2O2. The van der Waals surface area contributed by atoms with Crippen LogP contribution in [0.25, 0.3) is 10.9 Å². The number of hydrogen-bond acceptors (Lipinski definition) is 2. The quantitative estimate of drug-likeness (QED) is 0.361. The van der Waals surface area contributed by atoms with Gasteiger partial charge in [-0.05, 0) is 49.1 Å². The van der Waals surface area contributed by atoms with Gasteiger partial charge in [0.15, 0.2) is 0 Å². The van der Waals surface area contributed by atoms with Gasteiger partial charge in [0.25, 0.3) is 0 Å². The van der Waals surface area contributed by atoms with Gasteiger partial charge in [0.2, 0.25) is 0 Å². The molecule has 3 aromatic carbocycles. The van der Waals surface area contributed by atoms with E-state index in [1.807, 2.05) is 47.0 Å². The molecular weight excluding hydrogens is 384 g/mol. The lowest BCUT2D eigenvalue weighted by molar-refractivity contribution is 0.0684. The summed E-state index contributed by atoms with van der Waals surface area (Å²) in [6.07, 6.45) is 2.02. The van der Waals surface area contributed by atoms with Gasteiger partial charge in [0, 0.05) is 29.6 Å². The highest BCUT2D eigenvalue weighted by molar-refractivity contribution is 5.98. The summed E-state index contributed by atoms with van der Waals surface area (Å²) in [4.78, 5) is 12.3. The van der Waals surface area contributed by atoms with Crippen molar-refractivity contribution < 1.29 is 9.90 Å². The molecule has 0 radical (unpaired) electrons. The third kappa shape index (κ3) is 4.70. The SMILES string of the molecule is Cc1ccccc1Cn1c(C(=O)O)c(CNCCCc2ccccc2)c2ccccc21. The summed E-state index contributed by atoms with van der Waals surface area (Å²) in [5.74, 6) is -0.883. The van der Waals surface area contributed by atoms with E-state index < -0.39 is 5.97 Å². The Morgan fingerprint density at radius 3 is 2.42 bits per heavy atom. The van der Waals surface area contributed by atoms with Crippen molar-refractivity contribution in [2.24, 2.45) is 0 Å². The largest absolute Gasteiger partial charge is 0.477 e. The predicted molar refractivity (Wildman–Crippen MR) is 126 cm³/mol. The first-order chi connectivity index (χ1) is 15.1. The third-order valence-corrected chi connectivity index (χ3v) is 5.83. The number of nitrogens with one attached hydrogen (secondary N) is 1. The van der Waals surface area contributed by atoms with Crippen LogP contribution in [0.2, 0.25) is 0 Å². The van der Waals surface area contributed by atoms with Gasteiger partial charge in [0.1, 0.15) is 5.69 Å². The van der Waals surface area contributed by atoms with E-state index in [2.05, 4.69) is 48.6 Å². The molecule has 0 amide bonds. The number of para-hydroxylation sites is 1. The van der Waals surface area contributed by atoms with E-state index >= 15 is 0 Å². The van der Waals surface area contributed by atoms with Crippen LogP contribution in [0.4, 0.5) is 0 Å². The van der Waals surface area contributed by atoms with Gasteiger partial charge in [-0.3, -0.25) is 0 Å². The van der Waals surface area contributed by atoms with Gasteiger partial charge in [-0.2, -0.15) is 0 Å². The van der Waals surface area contributed by atoms with E-state index in [9.17, 15) is 9.90 Å². The van der Waals surface area contributed by atoms with Crippen molar-refractivity contribution in [2.75, 3.05) is 6.54 Å². The van der Waals surface area contributed by atoms with Gasteiger partial charge in [-0.15, -0.1) is 0 Å². The van der Waals surface area contributed by atoms with Crippen molar-refractivity contribution in [3.63, 3.8) is 0 Å². The Balaban J connectivity index is 1.57. The van der Waals surface area contributed by atoms with Gasteiger partial charge < -0.3 is 15.0 Å². The summed E-state index contributed by atoms with van der Waals surface area (Å²) in [6, 6.07) is 26.6. The summed E-state index contributed by atoms with van der Waals surface area (Å²) >= 11 is 0. The second kappa shape index (κ2) is 9.63. The Kier molecular flexibility index (Phi) is 6.48. The molecule has 4 aromatic rings. The molecule has 31 heavy (non-hydrogen) atoms. The maximum Gasteiger partial charge on any atom is 0.352 e. The van der Waals surface area contributed by atoms with Crippen LogP contribution in [-0.2, 0) is 19.5 Å². The molecule has 0 aliphatic carbocycles. The number of nitrogens with zero attached hydrogens (tertiary/aromatic N) is 1. The maximum absolute atomic E-state index is 12.3. The predicted octanol–water partition coefficient (Wildman–Crippen LogP) is 5.42. The van der Waals surface area contributed by atoms with Gasteiger partial charge in [0.05, 0.1) is 0 Å². The minimum Gasteiger partial charge on any atom is -0.477 e.